The smallest absolute Gasteiger partial charge is 0.257 e. The van der Waals surface area contributed by atoms with Crippen LogP contribution < -0.4 is 0 Å². The number of amides is 1. The first-order chi connectivity index (χ1) is 8.82. The van der Waals surface area contributed by atoms with Crippen molar-refractivity contribution in [2.45, 2.75) is 0 Å². The van der Waals surface area contributed by atoms with Crippen molar-refractivity contribution >= 4 is 15.7 Å². The van der Waals surface area contributed by atoms with E-state index in [4.69, 9.17) is 0 Å². The van der Waals surface area contributed by atoms with Gasteiger partial charge in [0.15, 0.2) is 27.3 Å². The van der Waals surface area contributed by atoms with Gasteiger partial charge >= 0.3 is 0 Å². The van der Waals surface area contributed by atoms with Crippen LogP contribution in [0.3, 0.4) is 0 Å². The van der Waals surface area contributed by atoms with E-state index >= 15 is 0 Å². The van der Waals surface area contributed by atoms with Crippen molar-refractivity contribution in [1.82, 2.24) is 4.90 Å². The summed E-state index contributed by atoms with van der Waals surface area (Å²) in [7, 11) is -3.18. The zero-order valence-corrected chi connectivity index (χ0v) is 10.5. The van der Waals surface area contributed by atoms with Crippen LogP contribution in [-0.2, 0) is 9.84 Å². The van der Waals surface area contributed by atoms with E-state index < -0.39 is 38.8 Å². The zero-order valence-electron chi connectivity index (χ0n) is 9.70. The molecule has 0 bridgehead atoms. The van der Waals surface area contributed by atoms with Crippen molar-refractivity contribution < 1.29 is 26.4 Å². The summed E-state index contributed by atoms with van der Waals surface area (Å²) >= 11 is 0. The highest BCUT2D eigenvalue weighted by Crippen LogP contribution is 2.18. The molecule has 8 heteroatoms. The molecule has 0 aliphatic carbocycles. The molecule has 2 rings (SSSR count). The summed E-state index contributed by atoms with van der Waals surface area (Å²) in [6.07, 6.45) is 0. The van der Waals surface area contributed by atoms with Crippen LogP contribution in [0.2, 0.25) is 0 Å². The summed E-state index contributed by atoms with van der Waals surface area (Å²) in [5.41, 5.74) is -0.599. The molecule has 1 aliphatic rings. The van der Waals surface area contributed by atoms with Gasteiger partial charge in [0.05, 0.1) is 17.1 Å². The van der Waals surface area contributed by atoms with E-state index in [9.17, 15) is 26.4 Å². The van der Waals surface area contributed by atoms with Crippen LogP contribution in [0.5, 0.6) is 0 Å². The van der Waals surface area contributed by atoms with Crippen LogP contribution in [0.4, 0.5) is 13.2 Å². The number of nitrogens with zero attached hydrogens (tertiary/aromatic N) is 1. The second kappa shape index (κ2) is 4.84. The molecule has 0 spiro atoms. The Kier molecular flexibility index (Phi) is 3.53. The lowest BCUT2D eigenvalue weighted by molar-refractivity contribution is 0.0764. The van der Waals surface area contributed by atoms with Crippen molar-refractivity contribution in [1.29, 1.82) is 0 Å². The molecule has 1 fully saturated rings. The lowest BCUT2D eigenvalue weighted by atomic mass is 10.1. The fourth-order valence-electron chi connectivity index (χ4n) is 1.78. The van der Waals surface area contributed by atoms with Crippen molar-refractivity contribution in [3.05, 3.63) is 35.1 Å². The van der Waals surface area contributed by atoms with Gasteiger partial charge in [0.1, 0.15) is 0 Å². The molecule has 1 aromatic carbocycles. The Bertz CT molecular complexity index is 616. The number of hydrogen-bond acceptors (Lipinski definition) is 3. The molecule has 0 N–H and O–H groups in total. The highest BCUT2D eigenvalue weighted by molar-refractivity contribution is 7.91. The highest BCUT2D eigenvalue weighted by atomic mass is 32.2. The summed E-state index contributed by atoms with van der Waals surface area (Å²) in [5.74, 6) is -5.93. The van der Waals surface area contributed by atoms with Gasteiger partial charge in [-0.1, -0.05) is 0 Å². The van der Waals surface area contributed by atoms with E-state index in [0.717, 1.165) is 11.0 Å². The van der Waals surface area contributed by atoms with Crippen molar-refractivity contribution in [2.75, 3.05) is 24.6 Å². The zero-order chi connectivity index (χ0) is 14.2. The van der Waals surface area contributed by atoms with Gasteiger partial charge in [-0.3, -0.25) is 4.79 Å². The van der Waals surface area contributed by atoms with Crippen LogP contribution in [-0.4, -0.2) is 43.8 Å². The second-order valence-corrected chi connectivity index (χ2v) is 6.47. The summed E-state index contributed by atoms with van der Waals surface area (Å²) in [4.78, 5) is 13.0. The largest absolute Gasteiger partial charge is 0.337 e. The predicted molar refractivity (Wildman–Crippen MR) is 60.9 cm³/mol. The van der Waals surface area contributed by atoms with E-state index in [-0.39, 0.29) is 24.6 Å². The monoisotopic (exact) mass is 293 g/mol. The van der Waals surface area contributed by atoms with E-state index in [2.05, 4.69) is 0 Å². The lowest BCUT2D eigenvalue weighted by Crippen LogP contribution is -2.44. The minimum atomic E-state index is -3.18. The van der Waals surface area contributed by atoms with Crippen molar-refractivity contribution in [3.8, 4) is 0 Å². The molecule has 4 nitrogen and oxygen atoms in total. The molecule has 1 amide bonds. The fourth-order valence-corrected chi connectivity index (χ4v) is 2.98. The molecule has 0 unspecified atom stereocenters. The van der Waals surface area contributed by atoms with Crippen molar-refractivity contribution in [2.24, 2.45) is 0 Å². The summed E-state index contributed by atoms with van der Waals surface area (Å²) in [5, 5.41) is 0. The number of hydrogen-bond donors (Lipinski definition) is 0. The molecule has 1 heterocycles. The Morgan fingerprint density at radius 1 is 1.05 bits per heavy atom. The number of halogens is 3. The summed E-state index contributed by atoms with van der Waals surface area (Å²) < 4.78 is 61.6. The third-order valence-corrected chi connectivity index (χ3v) is 4.51. The second-order valence-electron chi connectivity index (χ2n) is 4.17. The molecule has 0 radical (unpaired) electrons. The van der Waals surface area contributed by atoms with Crippen molar-refractivity contribution in [3.63, 3.8) is 0 Å². The summed E-state index contributed by atoms with van der Waals surface area (Å²) in [6, 6.07) is 1.51. The number of benzene rings is 1. The molecule has 0 saturated carbocycles. The maximum atomic E-state index is 13.4. The molecular weight excluding hydrogens is 283 g/mol. The number of rotatable bonds is 1. The van der Waals surface area contributed by atoms with E-state index in [0.29, 0.717) is 6.07 Å². The molecule has 0 aromatic heterocycles. The van der Waals surface area contributed by atoms with E-state index in [1.165, 1.54) is 0 Å². The Balaban J connectivity index is 2.24. The molecule has 0 atom stereocenters. The third kappa shape index (κ3) is 2.73. The van der Waals surface area contributed by atoms with Gasteiger partial charge in [-0.2, -0.15) is 0 Å². The minimum Gasteiger partial charge on any atom is -0.337 e. The Labute approximate surface area is 107 Å². The topological polar surface area (TPSA) is 54.5 Å². The lowest BCUT2D eigenvalue weighted by Gasteiger charge is -2.26. The van der Waals surface area contributed by atoms with Gasteiger partial charge in [-0.25, -0.2) is 21.6 Å². The average molecular weight is 293 g/mol. The maximum absolute atomic E-state index is 13.4. The first-order valence-electron chi connectivity index (χ1n) is 5.45. The highest BCUT2D eigenvalue weighted by Gasteiger charge is 2.28. The van der Waals surface area contributed by atoms with Crippen LogP contribution in [0.15, 0.2) is 12.1 Å². The maximum Gasteiger partial charge on any atom is 0.257 e. The Hall–Kier alpha value is -1.57. The first-order valence-corrected chi connectivity index (χ1v) is 7.27. The van der Waals surface area contributed by atoms with E-state index in [1.54, 1.807) is 0 Å². The number of carbonyl (C=O) groups is 1. The quantitative estimate of drug-likeness (QED) is 0.725. The molecule has 1 aromatic rings. The molecule has 1 aliphatic heterocycles. The average Bonchev–Trinajstić information content (AvgIpc) is 2.35. The minimum absolute atomic E-state index is 0.0837. The van der Waals surface area contributed by atoms with Crippen LogP contribution in [0.1, 0.15) is 10.4 Å². The SMILES string of the molecule is O=C(c1ccc(F)c(F)c1F)N1CCS(=O)(=O)CC1. The normalized spacial score (nSPS) is 18.4. The predicted octanol–water partition coefficient (Wildman–Crippen LogP) is 0.975. The Morgan fingerprint density at radius 2 is 1.63 bits per heavy atom. The summed E-state index contributed by atoms with van der Waals surface area (Å²) in [6.45, 7) is -0.167. The van der Waals surface area contributed by atoms with Crippen LogP contribution in [0, 0.1) is 17.5 Å². The standard InChI is InChI=1S/C11H10F3NO3S/c12-8-2-1-7(9(13)10(8)14)11(16)15-3-5-19(17,18)6-4-15/h1-2H,3-6H2. The molecule has 104 valence electrons. The van der Waals surface area contributed by atoms with Crippen LogP contribution >= 0.6 is 0 Å². The molecular formula is C11H10F3NO3S. The van der Waals surface area contributed by atoms with Gasteiger partial charge in [-0.05, 0) is 12.1 Å². The van der Waals surface area contributed by atoms with Gasteiger partial charge in [0, 0.05) is 13.1 Å². The molecule has 19 heavy (non-hydrogen) atoms. The van der Waals surface area contributed by atoms with Gasteiger partial charge in [-0.15, -0.1) is 0 Å². The van der Waals surface area contributed by atoms with E-state index in [1.807, 2.05) is 0 Å². The number of carbonyl (C=O) groups excluding carboxylic acids is 1. The molecule has 1 saturated heterocycles. The number of sulfone groups is 1. The van der Waals surface area contributed by atoms with Gasteiger partial charge in [0.25, 0.3) is 5.91 Å². The third-order valence-electron chi connectivity index (χ3n) is 2.90. The van der Waals surface area contributed by atoms with Gasteiger partial charge < -0.3 is 4.90 Å². The van der Waals surface area contributed by atoms with Crippen LogP contribution in [0.25, 0.3) is 0 Å². The Morgan fingerprint density at radius 3 is 2.21 bits per heavy atom. The first kappa shape index (κ1) is 13.9. The van der Waals surface area contributed by atoms with Gasteiger partial charge in [0.2, 0.25) is 0 Å². The fraction of sp³-hybridized carbons (Fsp3) is 0.364.